The summed E-state index contributed by atoms with van der Waals surface area (Å²) in [4.78, 5) is 2.31. The summed E-state index contributed by atoms with van der Waals surface area (Å²) in [7, 11) is 3.90. The van der Waals surface area contributed by atoms with E-state index in [1.54, 1.807) is 13.4 Å². The van der Waals surface area contributed by atoms with Gasteiger partial charge < -0.3 is 14.1 Å². The van der Waals surface area contributed by atoms with Gasteiger partial charge in [-0.3, -0.25) is 0 Å². The second-order valence-electron chi connectivity index (χ2n) is 7.76. The second-order valence-corrected chi connectivity index (χ2v) is 7.76. The third-order valence-corrected chi connectivity index (χ3v) is 5.83. The zero-order valence-electron chi connectivity index (χ0n) is 17.7. The minimum atomic E-state index is 0.707. The van der Waals surface area contributed by atoms with E-state index in [1.165, 1.54) is 41.3 Å². The Hall–Kier alpha value is -2.26. The van der Waals surface area contributed by atoms with Crippen molar-refractivity contribution in [3.63, 3.8) is 0 Å². The molecule has 0 amide bonds. The first-order chi connectivity index (χ1) is 13.6. The van der Waals surface area contributed by atoms with Crippen molar-refractivity contribution in [1.29, 1.82) is 0 Å². The van der Waals surface area contributed by atoms with Gasteiger partial charge in [0.25, 0.3) is 0 Å². The zero-order valence-corrected chi connectivity index (χ0v) is 17.7. The third-order valence-electron chi connectivity index (χ3n) is 5.83. The highest BCUT2D eigenvalue weighted by Crippen LogP contribution is 2.35. The van der Waals surface area contributed by atoms with E-state index in [0.717, 1.165) is 30.8 Å². The van der Waals surface area contributed by atoms with E-state index in [-0.39, 0.29) is 0 Å². The maximum Gasteiger partial charge on any atom is 0.134 e. The van der Waals surface area contributed by atoms with Gasteiger partial charge in [0.2, 0.25) is 0 Å². The van der Waals surface area contributed by atoms with Gasteiger partial charge >= 0.3 is 0 Å². The van der Waals surface area contributed by atoms with Crippen molar-refractivity contribution in [3.05, 3.63) is 65.4 Å². The summed E-state index contributed by atoms with van der Waals surface area (Å²) in [6.07, 6.45) is 6.63. The lowest BCUT2D eigenvalue weighted by molar-refractivity contribution is 0.357. The van der Waals surface area contributed by atoms with Crippen LogP contribution in [0.1, 0.15) is 49.3 Å². The van der Waals surface area contributed by atoms with E-state index in [2.05, 4.69) is 62.2 Å². The fourth-order valence-corrected chi connectivity index (χ4v) is 3.88. The molecule has 0 saturated carbocycles. The van der Waals surface area contributed by atoms with Crippen molar-refractivity contribution in [2.45, 2.75) is 45.4 Å². The normalized spacial score (nSPS) is 15.8. The molecule has 3 heteroatoms. The molecule has 0 radical (unpaired) electrons. The summed E-state index contributed by atoms with van der Waals surface area (Å²) in [5, 5.41) is 1.18. The molecule has 3 aromatic rings. The van der Waals surface area contributed by atoms with Crippen LogP contribution in [0.5, 0.6) is 5.75 Å². The van der Waals surface area contributed by atoms with E-state index in [9.17, 15) is 0 Å². The molecular formula is C25H33NO2. The lowest BCUT2D eigenvalue weighted by Crippen LogP contribution is -2.20. The Morgan fingerprint density at radius 3 is 2.82 bits per heavy atom. The number of furan rings is 1. The Morgan fingerprint density at radius 2 is 2.04 bits per heavy atom. The van der Waals surface area contributed by atoms with E-state index in [1.807, 2.05) is 6.07 Å². The Kier molecular flexibility index (Phi) is 7.16. The van der Waals surface area contributed by atoms with E-state index < -0.39 is 0 Å². The van der Waals surface area contributed by atoms with E-state index in [0.29, 0.717) is 5.92 Å². The van der Waals surface area contributed by atoms with Crippen LogP contribution in [-0.2, 0) is 12.8 Å². The number of likely N-dealkylation sites (N-methyl/N-ethyl adjacent to an activating group) is 1. The average Bonchev–Trinajstić information content (AvgIpc) is 3.20. The molecule has 3 nitrogen and oxygen atoms in total. The van der Waals surface area contributed by atoms with Crippen molar-refractivity contribution in [1.82, 2.24) is 4.90 Å². The minimum Gasteiger partial charge on any atom is -0.496 e. The Labute approximate surface area is 169 Å². The molecule has 0 bridgehead atoms. The number of ether oxygens (including phenoxy) is 1. The van der Waals surface area contributed by atoms with Gasteiger partial charge in [-0.2, -0.15) is 0 Å². The first-order valence-electron chi connectivity index (χ1n) is 10.4. The van der Waals surface area contributed by atoms with Crippen LogP contribution in [0.15, 0.2) is 53.1 Å². The van der Waals surface area contributed by atoms with Gasteiger partial charge in [0, 0.05) is 11.9 Å². The summed E-state index contributed by atoms with van der Waals surface area (Å²) < 4.78 is 10.7. The first kappa shape index (κ1) is 20.5. The summed E-state index contributed by atoms with van der Waals surface area (Å²) in [5.41, 5.74) is 5.26. The summed E-state index contributed by atoms with van der Waals surface area (Å²) in [6, 6.07) is 14.8. The van der Waals surface area contributed by atoms with Gasteiger partial charge in [-0.15, -0.1) is 0 Å². The molecule has 1 heterocycles. The Morgan fingerprint density at radius 1 is 1.18 bits per heavy atom. The molecule has 150 valence electrons. The molecule has 28 heavy (non-hydrogen) atoms. The van der Waals surface area contributed by atoms with Crippen LogP contribution in [-0.4, -0.2) is 32.1 Å². The molecule has 0 fully saturated rings. The molecule has 1 atom stereocenters. The van der Waals surface area contributed by atoms with Crippen LogP contribution < -0.4 is 4.74 Å². The lowest BCUT2D eigenvalue weighted by Gasteiger charge is -2.23. The first-order valence-corrected chi connectivity index (χ1v) is 10.4. The molecule has 1 aliphatic carbocycles. The number of hydrogen-bond acceptors (Lipinski definition) is 3. The Balaban J connectivity index is 0.000000162. The number of methoxy groups -OCH3 is 1. The van der Waals surface area contributed by atoms with Crippen molar-refractivity contribution in [3.8, 4) is 5.75 Å². The molecular weight excluding hydrogens is 346 g/mol. The second kappa shape index (κ2) is 9.79. The molecule has 1 aromatic heterocycles. The van der Waals surface area contributed by atoms with Gasteiger partial charge in [-0.25, -0.2) is 0 Å². The molecule has 0 aliphatic heterocycles. The molecule has 1 aliphatic rings. The van der Waals surface area contributed by atoms with Crippen LogP contribution in [0.4, 0.5) is 0 Å². The van der Waals surface area contributed by atoms with Gasteiger partial charge in [-0.1, -0.05) is 38.1 Å². The minimum absolute atomic E-state index is 0.707. The van der Waals surface area contributed by atoms with Crippen molar-refractivity contribution >= 4 is 11.0 Å². The smallest absolute Gasteiger partial charge is 0.134 e. The van der Waals surface area contributed by atoms with Crippen molar-refractivity contribution in [2.24, 2.45) is 0 Å². The topological polar surface area (TPSA) is 25.6 Å². The molecule has 0 N–H and O–H groups in total. The van der Waals surface area contributed by atoms with Crippen LogP contribution in [0, 0.1) is 0 Å². The summed E-state index contributed by atoms with van der Waals surface area (Å²) in [6.45, 7) is 6.68. The predicted octanol–water partition coefficient (Wildman–Crippen LogP) is 6.06. The van der Waals surface area contributed by atoms with Gasteiger partial charge in [0.05, 0.1) is 13.4 Å². The zero-order chi connectivity index (χ0) is 19.9. The number of fused-ring (bicyclic) bond motifs is 2. The van der Waals surface area contributed by atoms with Gasteiger partial charge in [0.1, 0.15) is 11.3 Å². The van der Waals surface area contributed by atoms with Crippen molar-refractivity contribution < 1.29 is 9.15 Å². The molecule has 0 saturated heterocycles. The highest BCUT2D eigenvalue weighted by molar-refractivity contribution is 5.77. The highest BCUT2D eigenvalue weighted by Gasteiger charge is 2.18. The quantitative estimate of drug-likeness (QED) is 0.539. The lowest BCUT2D eigenvalue weighted by atomic mass is 9.83. The van der Waals surface area contributed by atoms with Gasteiger partial charge in [0.15, 0.2) is 0 Å². The molecule has 4 rings (SSSR count). The van der Waals surface area contributed by atoms with Crippen LogP contribution >= 0.6 is 0 Å². The molecule has 0 unspecified atom stereocenters. The van der Waals surface area contributed by atoms with E-state index >= 15 is 0 Å². The third kappa shape index (κ3) is 4.96. The summed E-state index contributed by atoms with van der Waals surface area (Å²) in [5.74, 6) is 1.78. The summed E-state index contributed by atoms with van der Waals surface area (Å²) >= 11 is 0. The molecule has 0 spiro atoms. The maximum atomic E-state index is 5.38. The van der Waals surface area contributed by atoms with E-state index in [4.69, 9.17) is 9.15 Å². The molecule has 2 aromatic carbocycles. The standard InChI is InChI=1S/C13H17NO.C12H16O/c1-3-14(2)8-6-11-4-5-12-7-9-15-13(12)10-11;1-9-5-3-7-11-10(9)6-4-8-12(11)13-2/h4-5,7,9-10H,3,6,8H2,1-2H3;4,6,8-9H,3,5,7H2,1-2H3/t;9-/m.1/s1. The predicted molar refractivity (Wildman–Crippen MR) is 117 cm³/mol. The van der Waals surface area contributed by atoms with Crippen molar-refractivity contribution in [2.75, 3.05) is 27.2 Å². The number of nitrogens with zero attached hydrogens (tertiary/aromatic N) is 1. The van der Waals surface area contributed by atoms with Crippen LogP contribution in [0.3, 0.4) is 0 Å². The largest absolute Gasteiger partial charge is 0.496 e. The van der Waals surface area contributed by atoms with Gasteiger partial charge in [-0.05, 0) is 80.1 Å². The fourth-order valence-electron chi connectivity index (χ4n) is 3.88. The maximum absolute atomic E-state index is 5.38. The fraction of sp³-hybridized carbons (Fsp3) is 0.440. The highest BCUT2D eigenvalue weighted by atomic mass is 16.5. The average molecular weight is 380 g/mol. The number of rotatable bonds is 5. The Bertz CT molecular complexity index is 883. The number of benzene rings is 2. The van der Waals surface area contributed by atoms with Crippen LogP contribution in [0.2, 0.25) is 0 Å². The van der Waals surface area contributed by atoms with Crippen LogP contribution in [0.25, 0.3) is 11.0 Å². The SMILES string of the molecule is CCN(C)CCc1ccc2ccoc2c1.COc1cccc2c1CCC[C@H]2C. The number of hydrogen-bond donors (Lipinski definition) is 0. The monoisotopic (exact) mass is 379 g/mol.